The molecule has 168 valence electrons. The number of hydrogen-bond acceptors (Lipinski definition) is 5. The smallest absolute Gasteiger partial charge is 0.324 e. The van der Waals surface area contributed by atoms with Gasteiger partial charge in [-0.15, -0.1) is 0 Å². The molecule has 4 aromatic rings. The predicted octanol–water partition coefficient (Wildman–Crippen LogP) is 2.66. The van der Waals surface area contributed by atoms with Gasteiger partial charge in [0, 0.05) is 18.6 Å². The molecule has 0 aliphatic heterocycles. The second-order valence-corrected chi connectivity index (χ2v) is 7.08. The summed E-state index contributed by atoms with van der Waals surface area (Å²) in [5.41, 5.74) is -2.30. The molecule has 0 unspecified atom stereocenters. The standard InChI is InChI=1S/C22H16F3N5O3/c23-22(24,25)15-6-1-2-7-16(15)28-18(31)13-29-17-8-4-10-27-19(17)20(32)30(21(29)33)12-14-5-3-9-26-11-14/h1-11H,12-13H2,(H,28,31). The number of nitrogens with one attached hydrogen (secondary N) is 1. The van der Waals surface area contributed by atoms with Crippen LogP contribution in [0.2, 0.25) is 0 Å². The number of pyridine rings is 2. The highest BCUT2D eigenvalue weighted by molar-refractivity contribution is 5.92. The summed E-state index contributed by atoms with van der Waals surface area (Å²) in [4.78, 5) is 46.7. The highest BCUT2D eigenvalue weighted by Gasteiger charge is 2.33. The normalized spacial score (nSPS) is 11.5. The van der Waals surface area contributed by atoms with Crippen LogP contribution in [0.25, 0.3) is 11.0 Å². The zero-order valence-corrected chi connectivity index (χ0v) is 16.9. The number of benzene rings is 1. The van der Waals surface area contributed by atoms with Crippen LogP contribution in [0, 0.1) is 0 Å². The lowest BCUT2D eigenvalue weighted by atomic mass is 10.1. The molecule has 0 bridgehead atoms. The van der Waals surface area contributed by atoms with Crippen molar-refractivity contribution in [1.29, 1.82) is 0 Å². The van der Waals surface area contributed by atoms with Gasteiger partial charge in [0.05, 0.1) is 23.3 Å². The third-order valence-corrected chi connectivity index (χ3v) is 4.86. The molecule has 1 aromatic carbocycles. The lowest BCUT2D eigenvalue weighted by Gasteiger charge is -2.16. The molecule has 4 rings (SSSR count). The van der Waals surface area contributed by atoms with E-state index in [1.165, 1.54) is 42.9 Å². The van der Waals surface area contributed by atoms with Crippen molar-refractivity contribution in [3.8, 4) is 0 Å². The Morgan fingerprint density at radius 3 is 2.45 bits per heavy atom. The molecule has 0 spiro atoms. The van der Waals surface area contributed by atoms with E-state index in [1.54, 1.807) is 12.1 Å². The summed E-state index contributed by atoms with van der Waals surface area (Å²) in [5.74, 6) is -0.870. The predicted molar refractivity (Wildman–Crippen MR) is 114 cm³/mol. The maximum atomic E-state index is 13.2. The lowest BCUT2D eigenvalue weighted by Crippen LogP contribution is -2.42. The number of rotatable bonds is 5. The van der Waals surface area contributed by atoms with Crippen LogP contribution in [0.3, 0.4) is 0 Å². The molecule has 8 nitrogen and oxygen atoms in total. The van der Waals surface area contributed by atoms with Crippen molar-refractivity contribution < 1.29 is 18.0 Å². The number of fused-ring (bicyclic) bond motifs is 1. The molecule has 1 amide bonds. The number of amides is 1. The zero-order valence-electron chi connectivity index (χ0n) is 16.9. The maximum Gasteiger partial charge on any atom is 0.418 e. The Balaban J connectivity index is 1.75. The third kappa shape index (κ3) is 4.52. The van der Waals surface area contributed by atoms with Gasteiger partial charge in [0.25, 0.3) is 5.56 Å². The van der Waals surface area contributed by atoms with Crippen LogP contribution in [-0.2, 0) is 24.1 Å². The highest BCUT2D eigenvalue weighted by Crippen LogP contribution is 2.34. The van der Waals surface area contributed by atoms with Gasteiger partial charge in [-0.25, -0.2) is 9.78 Å². The Hall–Kier alpha value is -4.28. The van der Waals surface area contributed by atoms with E-state index < -0.39 is 41.1 Å². The van der Waals surface area contributed by atoms with E-state index in [4.69, 9.17) is 0 Å². The van der Waals surface area contributed by atoms with Gasteiger partial charge in [-0.3, -0.25) is 23.7 Å². The first kappa shape index (κ1) is 21.9. The molecule has 33 heavy (non-hydrogen) atoms. The fourth-order valence-corrected chi connectivity index (χ4v) is 3.38. The number of carbonyl (C=O) groups is 1. The van der Waals surface area contributed by atoms with E-state index in [1.807, 2.05) is 0 Å². The number of para-hydroxylation sites is 1. The number of alkyl halides is 3. The van der Waals surface area contributed by atoms with Crippen molar-refractivity contribution in [1.82, 2.24) is 19.1 Å². The number of anilines is 1. The largest absolute Gasteiger partial charge is 0.418 e. The van der Waals surface area contributed by atoms with Crippen LogP contribution in [0.5, 0.6) is 0 Å². The molecule has 0 fully saturated rings. The minimum Gasteiger partial charge on any atom is -0.324 e. The van der Waals surface area contributed by atoms with Crippen molar-refractivity contribution >= 4 is 22.6 Å². The minimum absolute atomic E-state index is 0.0514. The molecule has 0 saturated carbocycles. The average Bonchev–Trinajstić information content (AvgIpc) is 2.80. The first-order chi connectivity index (χ1) is 15.8. The Kier molecular flexibility index (Phi) is 5.78. The molecule has 0 atom stereocenters. The summed E-state index contributed by atoms with van der Waals surface area (Å²) in [6.07, 6.45) is -0.282. The Bertz CT molecular complexity index is 1450. The minimum atomic E-state index is -4.67. The van der Waals surface area contributed by atoms with Crippen LogP contribution < -0.4 is 16.6 Å². The topological polar surface area (TPSA) is 98.9 Å². The van der Waals surface area contributed by atoms with Gasteiger partial charge in [-0.1, -0.05) is 18.2 Å². The van der Waals surface area contributed by atoms with Crippen molar-refractivity contribution in [3.05, 3.63) is 99.1 Å². The van der Waals surface area contributed by atoms with Crippen LogP contribution in [-0.4, -0.2) is 25.0 Å². The van der Waals surface area contributed by atoms with Gasteiger partial charge >= 0.3 is 11.9 Å². The average molecular weight is 455 g/mol. The van der Waals surface area contributed by atoms with Gasteiger partial charge in [0.15, 0.2) is 5.52 Å². The summed E-state index contributed by atoms with van der Waals surface area (Å²) in [6, 6.07) is 10.8. The molecule has 1 N–H and O–H groups in total. The van der Waals surface area contributed by atoms with E-state index in [9.17, 15) is 27.6 Å². The van der Waals surface area contributed by atoms with Crippen molar-refractivity contribution in [2.45, 2.75) is 19.3 Å². The van der Waals surface area contributed by atoms with Crippen molar-refractivity contribution in [2.24, 2.45) is 0 Å². The van der Waals surface area contributed by atoms with Crippen molar-refractivity contribution in [3.63, 3.8) is 0 Å². The molecule has 3 aromatic heterocycles. The van der Waals surface area contributed by atoms with Gasteiger partial charge < -0.3 is 5.32 Å². The Morgan fingerprint density at radius 2 is 1.73 bits per heavy atom. The number of hydrogen-bond donors (Lipinski definition) is 1. The lowest BCUT2D eigenvalue weighted by molar-refractivity contribution is -0.137. The highest BCUT2D eigenvalue weighted by atomic mass is 19.4. The second kappa shape index (κ2) is 8.69. The van der Waals surface area contributed by atoms with E-state index in [-0.39, 0.29) is 17.6 Å². The van der Waals surface area contributed by atoms with Crippen LogP contribution in [0.1, 0.15) is 11.1 Å². The molecular formula is C22H16F3N5O3. The van der Waals surface area contributed by atoms with E-state index in [2.05, 4.69) is 15.3 Å². The molecule has 0 aliphatic rings. The number of aromatic nitrogens is 4. The molecule has 0 saturated heterocycles. The second-order valence-electron chi connectivity index (χ2n) is 7.08. The zero-order chi connectivity index (χ0) is 23.6. The SMILES string of the molecule is O=C(Cn1c(=O)n(Cc2cccnc2)c(=O)c2ncccc21)Nc1ccccc1C(F)(F)F. The number of carbonyl (C=O) groups excluding carboxylic acids is 1. The fourth-order valence-electron chi connectivity index (χ4n) is 3.38. The molecule has 0 radical (unpaired) electrons. The first-order valence-electron chi connectivity index (χ1n) is 9.69. The molecule has 11 heteroatoms. The van der Waals surface area contributed by atoms with Gasteiger partial charge in [-0.2, -0.15) is 13.2 Å². The number of nitrogens with zero attached hydrogens (tertiary/aromatic N) is 4. The van der Waals surface area contributed by atoms with Gasteiger partial charge in [-0.05, 0) is 35.9 Å². The quantitative estimate of drug-likeness (QED) is 0.499. The Morgan fingerprint density at radius 1 is 0.970 bits per heavy atom. The van der Waals surface area contributed by atoms with E-state index in [0.717, 1.165) is 21.3 Å². The first-order valence-corrected chi connectivity index (χ1v) is 9.69. The van der Waals surface area contributed by atoms with Gasteiger partial charge in [0.2, 0.25) is 5.91 Å². The molecule has 0 aliphatic carbocycles. The van der Waals surface area contributed by atoms with E-state index in [0.29, 0.717) is 5.56 Å². The van der Waals surface area contributed by atoms with Crippen LogP contribution >= 0.6 is 0 Å². The van der Waals surface area contributed by atoms with Crippen molar-refractivity contribution in [2.75, 3.05) is 5.32 Å². The molecule has 3 heterocycles. The summed E-state index contributed by atoms with van der Waals surface area (Å²) in [5, 5.41) is 2.20. The summed E-state index contributed by atoms with van der Waals surface area (Å²) >= 11 is 0. The van der Waals surface area contributed by atoms with Gasteiger partial charge in [0.1, 0.15) is 6.54 Å². The number of halogens is 3. The Labute approximate surface area is 184 Å². The summed E-state index contributed by atoms with van der Waals surface area (Å²) in [7, 11) is 0. The fraction of sp³-hybridized carbons (Fsp3) is 0.136. The monoisotopic (exact) mass is 455 g/mol. The summed E-state index contributed by atoms with van der Waals surface area (Å²) in [6.45, 7) is -0.739. The molecular weight excluding hydrogens is 439 g/mol. The maximum absolute atomic E-state index is 13.2. The summed E-state index contributed by atoms with van der Waals surface area (Å²) < 4.78 is 41.6. The van der Waals surface area contributed by atoms with E-state index >= 15 is 0 Å². The van der Waals surface area contributed by atoms with Crippen LogP contribution in [0.4, 0.5) is 18.9 Å². The third-order valence-electron chi connectivity index (χ3n) is 4.86. The van der Waals surface area contributed by atoms with Crippen LogP contribution in [0.15, 0.2) is 76.7 Å².